The summed E-state index contributed by atoms with van der Waals surface area (Å²) in [6.45, 7) is 6.88. The first-order valence-electron chi connectivity index (χ1n) is 7.33. The Kier molecular flexibility index (Phi) is 5.71. The van der Waals surface area contributed by atoms with E-state index in [4.69, 9.17) is 0 Å². The Morgan fingerprint density at radius 1 is 1.05 bits per heavy atom. The van der Waals surface area contributed by atoms with Crippen molar-refractivity contribution < 1.29 is 4.79 Å². The van der Waals surface area contributed by atoms with Crippen molar-refractivity contribution in [2.45, 2.75) is 0 Å². The van der Waals surface area contributed by atoms with Crippen molar-refractivity contribution in [2.75, 3.05) is 59.9 Å². The van der Waals surface area contributed by atoms with E-state index in [0.29, 0.717) is 6.54 Å². The topological polar surface area (TPSA) is 26.8 Å². The summed E-state index contributed by atoms with van der Waals surface area (Å²) in [5.41, 5.74) is 0.822. The van der Waals surface area contributed by atoms with E-state index in [1.165, 1.54) is 0 Å². The van der Waals surface area contributed by atoms with Crippen LogP contribution in [0.2, 0.25) is 0 Å². The molecule has 4 heteroatoms. The highest BCUT2D eigenvalue weighted by Crippen LogP contribution is 2.05. The van der Waals surface area contributed by atoms with Gasteiger partial charge in [0.2, 0.25) is 0 Å². The highest BCUT2D eigenvalue weighted by molar-refractivity contribution is 5.97. The molecule has 0 unspecified atom stereocenters. The van der Waals surface area contributed by atoms with E-state index in [1.54, 1.807) is 0 Å². The quantitative estimate of drug-likeness (QED) is 0.725. The molecule has 0 bridgehead atoms. The van der Waals surface area contributed by atoms with Gasteiger partial charge in [-0.25, -0.2) is 0 Å². The summed E-state index contributed by atoms with van der Waals surface area (Å²) in [7, 11) is 4.21. The standard InChI is InChI=1S/C16H25N3O/c1-17(2)8-9-18-10-12-19(13-11-18)14-16(20)15-6-4-3-5-7-15/h3-7H,8-14H2,1-2H3. The lowest BCUT2D eigenvalue weighted by molar-refractivity contribution is 0.0844. The van der Waals surface area contributed by atoms with Gasteiger partial charge < -0.3 is 4.90 Å². The minimum atomic E-state index is 0.229. The van der Waals surface area contributed by atoms with Crippen molar-refractivity contribution in [2.24, 2.45) is 0 Å². The van der Waals surface area contributed by atoms with E-state index in [2.05, 4.69) is 28.8 Å². The van der Waals surface area contributed by atoms with Gasteiger partial charge in [0.15, 0.2) is 5.78 Å². The maximum absolute atomic E-state index is 12.1. The maximum atomic E-state index is 12.1. The summed E-state index contributed by atoms with van der Waals surface area (Å²) in [6, 6.07) is 9.59. The molecule has 0 spiro atoms. The Labute approximate surface area is 122 Å². The molecule has 0 radical (unpaired) electrons. The molecule has 1 aliphatic heterocycles. The zero-order valence-electron chi connectivity index (χ0n) is 12.6. The van der Waals surface area contributed by atoms with Crippen LogP contribution in [-0.2, 0) is 0 Å². The second-order valence-corrected chi connectivity index (χ2v) is 5.71. The van der Waals surface area contributed by atoms with Gasteiger partial charge in [-0.05, 0) is 14.1 Å². The second kappa shape index (κ2) is 7.53. The van der Waals surface area contributed by atoms with Gasteiger partial charge in [0.05, 0.1) is 6.54 Å². The van der Waals surface area contributed by atoms with Crippen molar-refractivity contribution in [1.82, 2.24) is 14.7 Å². The smallest absolute Gasteiger partial charge is 0.176 e. The zero-order valence-corrected chi connectivity index (χ0v) is 12.6. The third kappa shape index (κ3) is 4.71. The Bertz CT molecular complexity index is 411. The van der Waals surface area contributed by atoms with Crippen LogP contribution in [0, 0.1) is 0 Å². The van der Waals surface area contributed by atoms with E-state index in [1.807, 2.05) is 30.3 Å². The van der Waals surface area contributed by atoms with Crippen LogP contribution >= 0.6 is 0 Å². The molecule has 0 aromatic heterocycles. The summed E-state index contributed by atoms with van der Waals surface area (Å²) >= 11 is 0. The highest BCUT2D eigenvalue weighted by atomic mass is 16.1. The summed E-state index contributed by atoms with van der Waals surface area (Å²) in [4.78, 5) is 19.1. The lowest BCUT2D eigenvalue weighted by Crippen LogP contribution is -2.49. The molecule has 1 saturated heterocycles. The number of benzene rings is 1. The minimum Gasteiger partial charge on any atom is -0.308 e. The molecule has 20 heavy (non-hydrogen) atoms. The molecule has 1 heterocycles. The van der Waals surface area contributed by atoms with Crippen LogP contribution in [0.25, 0.3) is 0 Å². The van der Waals surface area contributed by atoms with Crippen LogP contribution in [0.5, 0.6) is 0 Å². The average Bonchev–Trinajstić information content (AvgIpc) is 2.47. The van der Waals surface area contributed by atoms with Gasteiger partial charge in [0.1, 0.15) is 0 Å². The van der Waals surface area contributed by atoms with E-state index in [-0.39, 0.29) is 5.78 Å². The highest BCUT2D eigenvalue weighted by Gasteiger charge is 2.19. The third-order valence-corrected chi connectivity index (χ3v) is 3.79. The Morgan fingerprint density at radius 2 is 1.65 bits per heavy atom. The first-order valence-corrected chi connectivity index (χ1v) is 7.33. The van der Waals surface area contributed by atoms with Crippen molar-refractivity contribution in [3.8, 4) is 0 Å². The Hall–Kier alpha value is -1.23. The molecule has 0 N–H and O–H groups in total. The lowest BCUT2D eigenvalue weighted by Gasteiger charge is -2.34. The zero-order chi connectivity index (χ0) is 14.4. The van der Waals surface area contributed by atoms with E-state index >= 15 is 0 Å². The van der Waals surface area contributed by atoms with Gasteiger partial charge in [0, 0.05) is 44.8 Å². The second-order valence-electron chi connectivity index (χ2n) is 5.71. The van der Waals surface area contributed by atoms with Gasteiger partial charge in [-0.1, -0.05) is 30.3 Å². The van der Waals surface area contributed by atoms with Gasteiger partial charge in [-0.2, -0.15) is 0 Å². The molecule has 1 aromatic carbocycles. The molecule has 4 nitrogen and oxygen atoms in total. The van der Waals surface area contributed by atoms with Crippen LogP contribution in [0.3, 0.4) is 0 Å². The van der Waals surface area contributed by atoms with E-state index in [0.717, 1.165) is 44.8 Å². The summed E-state index contributed by atoms with van der Waals surface area (Å²) < 4.78 is 0. The molecular weight excluding hydrogens is 250 g/mol. The molecule has 0 atom stereocenters. The van der Waals surface area contributed by atoms with E-state index in [9.17, 15) is 4.79 Å². The Balaban J connectivity index is 1.73. The number of nitrogens with zero attached hydrogens (tertiary/aromatic N) is 3. The van der Waals surface area contributed by atoms with Crippen molar-refractivity contribution >= 4 is 5.78 Å². The van der Waals surface area contributed by atoms with Gasteiger partial charge in [-0.15, -0.1) is 0 Å². The van der Waals surface area contributed by atoms with Crippen LogP contribution in [-0.4, -0.2) is 80.4 Å². The summed E-state index contributed by atoms with van der Waals surface area (Å²) in [6.07, 6.45) is 0. The van der Waals surface area contributed by atoms with Crippen molar-refractivity contribution in [3.05, 3.63) is 35.9 Å². The molecule has 1 aliphatic rings. The molecule has 0 saturated carbocycles. The van der Waals surface area contributed by atoms with Gasteiger partial charge in [0.25, 0.3) is 0 Å². The fourth-order valence-electron chi connectivity index (χ4n) is 2.43. The van der Waals surface area contributed by atoms with Gasteiger partial charge >= 0.3 is 0 Å². The van der Waals surface area contributed by atoms with Crippen molar-refractivity contribution in [1.29, 1.82) is 0 Å². The number of carbonyl (C=O) groups excluding carboxylic acids is 1. The molecule has 0 aliphatic carbocycles. The number of hydrogen-bond donors (Lipinski definition) is 0. The Morgan fingerprint density at radius 3 is 2.25 bits per heavy atom. The fraction of sp³-hybridized carbons (Fsp3) is 0.562. The number of piperazine rings is 1. The number of rotatable bonds is 6. The first-order chi connectivity index (χ1) is 9.65. The first kappa shape index (κ1) is 15.2. The third-order valence-electron chi connectivity index (χ3n) is 3.79. The number of carbonyl (C=O) groups is 1. The van der Waals surface area contributed by atoms with Crippen LogP contribution < -0.4 is 0 Å². The maximum Gasteiger partial charge on any atom is 0.176 e. The molecule has 110 valence electrons. The normalized spacial score (nSPS) is 17.6. The number of hydrogen-bond acceptors (Lipinski definition) is 4. The fourth-order valence-corrected chi connectivity index (χ4v) is 2.43. The largest absolute Gasteiger partial charge is 0.308 e. The molecule has 0 amide bonds. The van der Waals surface area contributed by atoms with Crippen LogP contribution in [0.4, 0.5) is 0 Å². The average molecular weight is 275 g/mol. The molecular formula is C16H25N3O. The molecule has 2 rings (SSSR count). The molecule has 1 aromatic rings. The van der Waals surface area contributed by atoms with Crippen LogP contribution in [0.15, 0.2) is 30.3 Å². The number of Topliss-reactive ketones (excluding diaryl/α,β-unsaturated/α-hetero) is 1. The summed E-state index contributed by atoms with van der Waals surface area (Å²) in [5, 5.41) is 0. The lowest BCUT2D eigenvalue weighted by atomic mass is 10.1. The monoisotopic (exact) mass is 275 g/mol. The SMILES string of the molecule is CN(C)CCN1CCN(CC(=O)c2ccccc2)CC1. The van der Waals surface area contributed by atoms with E-state index < -0.39 is 0 Å². The minimum absolute atomic E-state index is 0.229. The summed E-state index contributed by atoms with van der Waals surface area (Å²) in [5.74, 6) is 0.229. The number of likely N-dealkylation sites (N-methyl/N-ethyl adjacent to an activating group) is 1. The number of ketones is 1. The van der Waals surface area contributed by atoms with Crippen molar-refractivity contribution in [3.63, 3.8) is 0 Å². The predicted molar refractivity (Wildman–Crippen MR) is 82.2 cm³/mol. The van der Waals surface area contributed by atoms with Gasteiger partial charge in [-0.3, -0.25) is 14.6 Å². The van der Waals surface area contributed by atoms with Crippen LogP contribution in [0.1, 0.15) is 10.4 Å². The molecule has 1 fully saturated rings. The predicted octanol–water partition coefficient (Wildman–Crippen LogP) is 1.05.